The zero-order valence-electron chi connectivity index (χ0n) is 16.0. The van der Waals surface area contributed by atoms with Gasteiger partial charge in [0.15, 0.2) is 0 Å². The van der Waals surface area contributed by atoms with E-state index < -0.39 is 16.0 Å². The van der Waals surface area contributed by atoms with Crippen molar-refractivity contribution in [3.8, 4) is 5.75 Å². The molecule has 156 valence electrons. The predicted octanol–water partition coefficient (Wildman–Crippen LogP) is 3.89. The molecule has 3 rings (SSSR count). The Morgan fingerprint density at radius 1 is 1.28 bits per heavy atom. The minimum atomic E-state index is -3.37. The number of hydrogen-bond donors (Lipinski definition) is 1. The fourth-order valence-corrected chi connectivity index (χ4v) is 5.32. The van der Waals surface area contributed by atoms with Crippen LogP contribution in [0.1, 0.15) is 54.0 Å². The lowest BCUT2D eigenvalue weighted by Crippen LogP contribution is -2.33. The first-order chi connectivity index (χ1) is 13.8. The number of hydrogen-bond acceptors (Lipinski definition) is 5. The van der Waals surface area contributed by atoms with Crippen LogP contribution in [0.15, 0.2) is 36.4 Å². The van der Waals surface area contributed by atoms with Crippen LogP contribution in [0.3, 0.4) is 0 Å². The number of carboxylic acid groups (broad SMARTS) is 1. The summed E-state index contributed by atoms with van der Waals surface area (Å²) in [5.74, 6) is -0.491. The molecule has 0 unspecified atom stereocenters. The quantitative estimate of drug-likeness (QED) is 0.671. The highest BCUT2D eigenvalue weighted by Gasteiger charge is 2.35. The Bertz CT molecular complexity index is 979. The molecule has 1 fully saturated rings. The molecule has 1 N–H and O–H groups in total. The first-order valence-corrected chi connectivity index (χ1v) is 11.4. The summed E-state index contributed by atoms with van der Waals surface area (Å²) in [6.07, 6.45) is 1.93. The molecule has 0 radical (unpaired) electrons. The molecule has 0 amide bonds. The van der Waals surface area contributed by atoms with Gasteiger partial charge < -0.3 is 9.84 Å². The highest BCUT2D eigenvalue weighted by Crippen LogP contribution is 2.34. The lowest BCUT2D eigenvalue weighted by atomic mass is 10.1. The molecule has 1 atom stereocenters. The van der Waals surface area contributed by atoms with E-state index >= 15 is 0 Å². The standard InChI is InChI=1S/C20H23ClN2O5S/c1-2-12-29(26,27)23-11-3-4-19(23)17-10-9-16(20(24)25)18(22-17)13-28-15-7-5-14(21)6-8-15/h5-10,19H,2-4,11-13H2,1H3,(H,24,25)/t19-/m0/s1. The predicted molar refractivity (Wildman–Crippen MR) is 110 cm³/mol. The third-order valence-corrected chi connectivity index (χ3v) is 7.11. The van der Waals surface area contributed by atoms with Crippen LogP contribution in [-0.4, -0.2) is 41.1 Å². The Kier molecular flexibility index (Phi) is 6.77. The van der Waals surface area contributed by atoms with Crippen LogP contribution in [-0.2, 0) is 16.6 Å². The molecule has 1 aromatic heterocycles. The monoisotopic (exact) mass is 438 g/mol. The van der Waals surface area contributed by atoms with Crippen molar-refractivity contribution in [2.45, 2.75) is 38.8 Å². The molecule has 2 aromatic rings. The summed E-state index contributed by atoms with van der Waals surface area (Å²) in [5.41, 5.74) is 0.829. The number of carbonyl (C=O) groups is 1. The average Bonchev–Trinajstić information content (AvgIpc) is 3.18. The summed E-state index contributed by atoms with van der Waals surface area (Å²) in [6.45, 7) is 2.23. The zero-order valence-corrected chi connectivity index (χ0v) is 17.6. The number of halogens is 1. The fourth-order valence-electron chi connectivity index (χ4n) is 3.43. The van der Waals surface area contributed by atoms with E-state index in [1.165, 1.54) is 10.4 Å². The second-order valence-corrected chi connectivity index (χ2v) is 9.34. The van der Waals surface area contributed by atoms with Gasteiger partial charge >= 0.3 is 5.97 Å². The van der Waals surface area contributed by atoms with Gasteiger partial charge in [0.2, 0.25) is 10.0 Å². The van der Waals surface area contributed by atoms with Crippen LogP contribution in [0.25, 0.3) is 0 Å². The van der Waals surface area contributed by atoms with Crippen LogP contribution in [0.2, 0.25) is 5.02 Å². The van der Waals surface area contributed by atoms with Crippen molar-refractivity contribution in [1.29, 1.82) is 0 Å². The molecule has 0 spiro atoms. The Morgan fingerprint density at radius 3 is 2.66 bits per heavy atom. The second kappa shape index (κ2) is 9.11. The van der Waals surface area contributed by atoms with E-state index in [4.69, 9.17) is 16.3 Å². The molecule has 7 nitrogen and oxygen atoms in total. The second-order valence-electron chi connectivity index (χ2n) is 6.86. The van der Waals surface area contributed by atoms with Crippen molar-refractivity contribution in [1.82, 2.24) is 9.29 Å². The maximum absolute atomic E-state index is 12.6. The Morgan fingerprint density at radius 2 is 2.00 bits per heavy atom. The molecule has 2 heterocycles. The van der Waals surface area contributed by atoms with Gasteiger partial charge in [-0.05, 0) is 55.7 Å². The number of ether oxygens (including phenoxy) is 1. The van der Waals surface area contributed by atoms with Crippen LogP contribution in [0, 0.1) is 0 Å². The van der Waals surface area contributed by atoms with Crippen molar-refractivity contribution < 1.29 is 23.1 Å². The molecule has 0 saturated carbocycles. The van der Waals surface area contributed by atoms with Crippen LogP contribution in [0.5, 0.6) is 5.75 Å². The van der Waals surface area contributed by atoms with Crippen molar-refractivity contribution in [2.24, 2.45) is 0 Å². The molecule has 0 aliphatic carbocycles. The third kappa shape index (κ3) is 5.07. The van der Waals surface area contributed by atoms with Gasteiger partial charge in [-0.3, -0.25) is 4.98 Å². The van der Waals surface area contributed by atoms with E-state index in [0.29, 0.717) is 35.9 Å². The van der Waals surface area contributed by atoms with E-state index in [9.17, 15) is 18.3 Å². The topological polar surface area (TPSA) is 96.8 Å². The Labute approximate surface area is 175 Å². The zero-order chi connectivity index (χ0) is 21.0. The van der Waals surface area contributed by atoms with E-state index in [0.717, 1.165) is 6.42 Å². The van der Waals surface area contributed by atoms with Gasteiger partial charge in [-0.1, -0.05) is 18.5 Å². The molecular formula is C20H23ClN2O5S. The normalized spacial score (nSPS) is 17.4. The van der Waals surface area contributed by atoms with Crippen molar-refractivity contribution >= 4 is 27.6 Å². The Hall–Kier alpha value is -2.16. The smallest absolute Gasteiger partial charge is 0.337 e. The van der Waals surface area contributed by atoms with E-state index in [2.05, 4.69) is 4.98 Å². The van der Waals surface area contributed by atoms with E-state index in [1.807, 2.05) is 6.92 Å². The van der Waals surface area contributed by atoms with Crippen molar-refractivity contribution in [3.63, 3.8) is 0 Å². The first kappa shape index (κ1) is 21.5. The van der Waals surface area contributed by atoms with Gasteiger partial charge in [0, 0.05) is 11.6 Å². The van der Waals surface area contributed by atoms with Gasteiger partial charge in [-0.25, -0.2) is 13.2 Å². The number of benzene rings is 1. The van der Waals surface area contributed by atoms with Crippen LogP contribution >= 0.6 is 11.6 Å². The van der Waals surface area contributed by atoms with Crippen LogP contribution in [0.4, 0.5) is 0 Å². The maximum atomic E-state index is 12.6. The summed E-state index contributed by atoms with van der Waals surface area (Å²) in [7, 11) is -3.37. The van der Waals surface area contributed by atoms with Crippen molar-refractivity contribution in [2.75, 3.05) is 12.3 Å². The average molecular weight is 439 g/mol. The number of sulfonamides is 1. The van der Waals surface area contributed by atoms with Gasteiger partial charge in [0.05, 0.1) is 28.7 Å². The molecule has 29 heavy (non-hydrogen) atoms. The van der Waals surface area contributed by atoms with Gasteiger partial charge in [-0.2, -0.15) is 4.31 Å². The van der Waals surface area contributed by atoms with Crippen LogP contribution < -0.4 is 4.74 Å². The van der Waals surface area contributed by atoms with E-state index in [-0.39, 0.29) is 29.7 Å². The molecule has 1 aliphatic heterocycles. The van der Waals surface area contributed by atoms with Gasteiger partial charge in [-0.15, -0.1) is 0 Å². The minimum Gasteiger partial charge on any atom is -0.487 e. The highest BCUT2D eigenvalue weighted by atomic mass is 35.5. The fraction of sp³-hybridized carbons (Fsp3) is 0.400. The molecule has 1 aliphatic rings. The molecule has 9 heteroatoms. The molecule has 1 aromatic carbocycles. The number of rotatable bonds is 8. The largest absolute Gasteiger partial charge is 0.487 e. The maximum Gasteiger partial charge on any atom is 0.337 e. The molecule has 0 bridgehead atoms. The van der Waals surface area contributed by atoms with E-state index in [1.54, 1.807) is 30.3 Å². The lowest BCUT2D eigenvalue weighted by molar-refractivity contribution is 0.0693. The summed E-state index contributed by atoms with van der Waals surface area (Å²) in [4.78, 5) is 16.1. The third-order valence-electron chi connectivity index (χ3n) is 4.78. The lowest BCUT2D eigenvalue weighted by Gasteiger charge is -2.24. The summed E-state index contributed by atoms with van der Waals surface area (Å²) < 4.78 is 32.3. The van der Waals surface area contributed by atoms with Gasteiger partial charge in [0.25, 0.3) is 0 Å². The number of carboxylic acids is 1. The highest BCUT2D eigenvalue weighted by molar-refractivity contribution is 7.89. The molecule has 1 saturated heterocycles. The number of pyridine rings is 1. The van der Waals surface area contributed by atoms with Crippen molar-refractivity contribution in [3.05, 3.63) is 58.4 Å². The summed E-state index contributed by atoms with van der Waals surface area (Å²) in [6, 6.07) is 9.39. The van der Waals surface area contributed by atoms with Gasteiger partial charge in [0.1, 0.15) is 12.4 Å². The number of nitrogens with zero attached hydrogens (tertiary/aromatic N) is 2. The number of aromatic carboxylic acids is 1. The molecular weight excluding hydrogens is 416 g/mol. The summed E-state index contributed by atoms with van der Waals surface area (Å²) >= 11 is 5.86. The Balaban J connectivity index is 1.87. The number of aromatic nitrogens is 1. The SMILES string of the molecule is CCCS(=O)(=O)N1CCC[C@H]1c1ccc(C(=O)O)c(COc2ccc(Cl)cc2)n1. The summed E-state index contributed by atoms with van der Waals surface area (Å²) in [5, 5.41) is 10.1. The first-order valence-electron chi connectivity index (χ1n) is 9.43. The minimum absolute atomic E-state index is 0.0312.